The zero-order chi connectivity index (χ0) is 20.0. The van der Waals surface area contributed by atoms with Gasteiger partial charge in [-0.3, -0.25) is 4.79 Å². The van der Waals surface area contributed by atoms with Gasteiger partial charge in [-0.15, -0.1) is 0 Å². The van der Waals surface area contributed by atoms with Crippen molar-refractivity contribution < 1.29 is 17.9 Å². The minimum absolute atomic E-state index is 0.158. The zero-order valence-electron chi connectivity index (χ0n) is 16.0. The number of nitrogens with one attached hydrogen (secondary N) is 1. The van der Waals surface area contributed by atoms with Gasteiger partial charge in [-0.05, 0) is 50.1 Å². The second-order valence-electron chi connectivity index (χ2n) is 6.26. The van der Waals surface area contributed by atoms with Crippen molar-refractivity contribution in [3.8, 4) is 5.75 Å². The average Bonchev–Trinajstić information content (AvgIpc) is 2.65. The van der Waals surface area contributed by atoms with E-state index in [-0.39, 0.29) is 10.7 Å². The molecule has 0 aromatic heterocycles. The molecule has 0 bridgehead atoms. The summed E-state index contributed by atoms with van der Waals surface area (Å²) < 4.78 is 33.7. The summed E-state index contributed by atoms with van der Waals surface area (Å²) in [6.45, 7) is 5.24. The SMILES string of the molecule is CC/C=C(\C(C)=O)C(NS(=O)(=O)c1ccc(C)cc1)c1ccc(OC)cc1. The van der Waals surface area contributed by atoms with Crippen LogP contribution in [0.3, 0.4) is 0 Å². The summed E-state index contributed by atoms with van der Waals surface area (Å²) in [4.78, 5) is 12.4. The first kappa shape index (κ1) is 20.9. The second kappa shape index (κ2) is 8.97. The van der Waals surface area contributed by atoms with Gasteiger partial charge in [0.25, 0.3) is 0 Å². The van der Waals surface area contributed by atoms with Crippen molar-refractivity contribution in [1.29, 1.82) is 0 Å². The Bertz CT molecular complexity index is 914. The highest BCUT2D eigenvalue weighted by atomic mass is 32.2. The van der Waals surface area contributed by atoms with E-state index in [1.54, 1.807) is 61.7 Å². The maximum Gasteiger partial charge on any atom is 0.241 e. The van der Waals surface area contributed by atoms with Crippen LogP contribution in [0.1, 0.15) is 37.4 Å². The van der Waals surface area contributed by atoms with E-state index in [9.17, 15) is 13.2 Å². The Kier molecular flexibility index (Phi) is 6.93. The Morgan fingerprint density at radius 3 is 2.19 bits per heavy atom. The quantitative estimate of drug-likeness (QED) is 0.696. The van der Waals surface area contributed by atoms with Crippen LogP contribution < -0.4 is 9.46 Å². The van der Waals surface area contributed by atoms with E-state index in [0.29, 0.717) is 23.3 Å². The maximum absolute atomic E-state index is 12.9. The molecule has 0 spiro atoms. The van der Waals surface area contributed by atoms with Crippen LogP contribution in [-0.2, 0) is 14.8 Å². The molecule has 1 unspecified atom stereocenters. The van der Waals surface area contributed by atoms with Gasteiger partial charge in [0.2, 0.25) is 10.0 Å². The van der Waals surface area contributed by atoms with Gasteiger partial charge in [-0.1, -0.05) is 42.8 Å². The van der Waals surface area contributed by atoms with Crippen LogP contribution in [0.15, 0.2) is 65.1 Å². The van der Waals surface area contributed by atoms with Crippen molar-refractivity contribution in [2.75, 3.05) is 7.11 Å². The first-order valence-corrected chi connectivity index (χ1v) is 10.2. The summed E-state index contributed by atoms with van der Waals surface area (Å²) in [6.07, 6.45) is 2.38. The number of methoxy groups -OCH3 is 1. The zero-order valence-corrected chi connectivity index (χ0v) is 16.8. The van der Waals surface area contributed by atoms with E-state index in [4.69, 9.17) is 4.74 Å². The van der Waals surface area contributed by atoms with Crippen molar-refractivity contribution in [1.82, 2.24) is 4.72 Å². The van der Waals surface area contributed by atoms with Gasteiger partial charge in [0.1, 0.15) is 5.75 Å². The molecule has 0 aliphatic rings. The fraction of sp³-hybridized carbons (Fsp3) is 0.286. The van der Waals surface area contributed by atoms with Crippen LogP contribution in [-0.4, -0.2) is 21.3 Å². The minimum atomic E-state index is -3.81. The van der Waals surface area contributed by atoms with Gasteiger partial charge in [0.15, 0.2) is 5.78 Å². The van der Waals surface area contributed by atoms with E-state index in [2.05, 4.69) is 4.72 Å². The first-order chi connectivity index (χ1) is 12.8. The molecule has 0 radical (unpaired) electrons. The Labute approximate surface area is 161 Å². The maximum atomic E-state index is 12.9. The molecule has 0 saturated carbocycles. The highest BCUT2D eigenvalue weighted by Gasteiger charge is 2.26. The molecule has 0 fully saturated rings. The molecule has 0 heterocycles. The van der Waals surface area contributed by atoms with Gasteiger partial charge in [0.05, 0.1) is 18.0 Å². The number of allylic oxidation sites excluding steroid dienone is 1. The molecule has 6 heteroatoms. The Morgan fingerprint density at radius 1 is 1.11 bits per heavy atom. The van der Waals surface area contributed by atoms with E-state index in [1.165, 1.54) is 6.92 Å². The first-order valence-electron chi connectivity index (χ1n) is 8.72. The molecule has 27 heavy (non-hydrogen) atoms. The number of benzene rings is 2. The van der Waals surface area contributed by atoms with Gasteiger partial charge in [-0.25, -0.2) is 8.42 Å². The third kappa shape index (κ3) is 5.28. The fourth-order valence-electron chi connectivity index (χ4n) is 2.73. The van der Waals surface area contributed by atoms with Crippen molar-refractivity contribution in [3.05, 3.63) is 71.3 Å². The lowest BCUT2D eigenvalue weighted by atomic mass is 9.96. The Balaban J connectivity index is 2.49. The predicted molar refractivity (Wildman–Crippen MR) is 106 cm³/mol. The minimum Gasteiger partial charge on any atom is -0.497 e. The van der Waals surface area contributed by atoms with Crippen LogP contribution in [0.25, 0.3) is 0 Å². The molecule has 0 amide bonds. The molecule has 1 N–H and O–H groups in total. The fourth-order valence-corrected chi connectivity index (χ4v) is 3.94. The van der Waals surface area contributed by atoms with E-state index >= 15 is 0 Å². The smallest absolute Gasteiger partial charge is 0.241 e. The van der Waals surface area contributed by atoms with Crippen LogP contribution in [0, 0.1) is 6.92 Å². The molecule has 144 valence electrons. The number of hydrogen-bond acceptors (Lipinski definition) is 4. The number of carbonyl (C=O) groups is 1. The van der Waals surface area contributed by atoms with Gasteiger partial charge >= 0.3 is 0 Å². The van der Waals surface area contributed by atoms with Crippen molar-refractivity contribution >= 4 is 15.8 Å². The molecule has 1 atom stereocenters. The Hall–Kier alpha value is -2.44. The molecular weight excluding hydrogens is 362 g/mol. The predicted octanol–water partition coefficient (Wildman–Crippen LogP) is 3.95. The summed E-state index contributed by atoms with van der Waals surface area (Å²) >= 11 is 0. The van der Waals surface area contributed by atoms with Gasteiger partial charge in [-0.2, -0.15) is 4.72 Å². The molecule has 2 aromatic carbocycles. The normalized spacial score (nSPS) is 13.3. The summed E-state index contributed by atoms with van der Waals surface area (Å²) in [5.41, 5.74) is 2.05. The standard InChI is InChI=1S/C21H25NO4S/c1-5-6-20(16(3)23)21(17-9-11-18(26-4)12-10-17)22-27(24,25)19-13-7-15(2)8-14-19/h6-14,21-22H,5H2,1-4H3/b20-6+. The van der Waals surface area contributed by atoms with E-state index in [1.807, 2.05) is 13.8 Å². The monoisotopic (exact) mass is 387 g/mol. The van der Waals surface area contributed by atoms with Crippen LogP contribution >= 0.6 is 0 Å². The lowest BCUT2D eigenvalue weighted by Crippen LogP contribution is -2.31. The number of hydrogen-bond donors (Lipinski definition) is 1. The Morgan fingerprint density at radius 2 is 1.70 bits per heavy atom. The third-order valence-electron chi connectivity index (χ3n) is 4.19. The van der Waals surface area contributed by atoms with E-state index < -0.39 is 16.1 Å². The number of Topliss-reactive ketones (excluding diaryl/α,β-unsaturated/α-hetero) is 1. The molecule has 2 rings (SSSR count). The number of carbonyl (C=O) groups excluding carboxylic acids is 1. The number of ketones is 1. The molecule has 5 nitrogen and oxygen atoms in total. The summed E-state index contributed by atoms with van der Waals surface area (Å²) in [6, 6.07) is 12.8. The van der Waals surface area contributed by atoms with E-state index in [0.717, 1.165) is 5.56 Å². The summed E-state index contributed by atoms with van der Waals surface area (Å²) in [7, 11) is -2.25. The number of rotatable bonds is 8. The third-order valence-corrected chi connectivity index (χ3v) is 5.63. The molecule has 2 aromatic rings. The van der Waals surface area contributed by atoms with Gasteiger partial charge in [0, 0.05) is 5.57 Å². The largest absolute Gasteiger partial charge is 0.497 e. The van der Waals surface area contributed by atoms with Crippen molar-refractivity contribution in [2.45, 2.75) is 38.1 Å². The van der Waals surface area contributed by atoms with Crippen LogP contribution in [0.2, 0.25) is 0 Å². The molecule has 0 aliphatic carbocycles. The van der Waals surface area contributed by atoms with Crippen molar-refractivity contribution in [3.63, 3.8) is 0 Å². The highest BCUT2D eigenvalue weighted by Crippen LogP contribution is 2.27. The number of ether oxygens (including phenoxy) is 1. The lowest BCUT2D eigenvalue weighted by molar-refractivity contribution is -0.113. The number of aryl methyl sites for hydroxylation is 1. The second-order valence-corrected chi connectivity index (χ2v) is 7.98. The van der Waals surface area contributed by atoms with Crippen LogP contribution in [0.4, 0.5) is 0 Å². The topological polar surface area (TPSA) is 72.5 Å². The van der Waals surface area contributed by atoms with Gasteiger partial charge < -0.3 is 4.74 Å². The molecule has 0 saturated heterocycles. The highest BCUT2D eigenvalue weighted by molar-refractivity contribution is 7.89. The number of sulfonamides is 1. The van der Waals surface area contributed by atoms with Crippen LogP contribution in [0.5, 0.6) is 5.75 Å². The summed E-state index contributed by atoms with van der Waals surface area (Å²) in [5.74, 6) is 0.479. The average molecular weight is 388 g/mol. The summed E-state index contributed by atoms with van der Waals surface area (Å²) in [5, 5.41) is 0. The molecular formula is C21H25NO4S. The lowest BCUT2D eigenvalue weighted by Gasteiger charge is -2.21. The van der Waals surface area contributed by atoms with Crippen molar-refractivity contribution in [2.24, 2.45) is 0 Å². The molecule has 0 aliphatic heterocycles.